The van der Waals surface area contributed by atoms with Crippen molar-refractivity contribution < 1.29 is 14.6 Å². The van der Waals surface area contributed by atoms with E-state index in [9.17, 15) is 9.90 Å². The fourth-order valence-electron chi connectivity index (χ4n) is 1.56. The lowest BCUT2D eigenvalue weighted by molar-refractivity contribution is 0.102. The van der Waals surface area contributed by atoms with Crippen LogP contribution in [-0.4, -0.2) is 23.1 Å². The Bertz CT molecular complexity index is 639. The second kappa shape index (κ2) is 5.98. The maximum atomic E-state index is 12.1. The van der Waals surface area contributed by atoms with Crippen molar-refractivity contribution in [2.24, 2.45) is 0 Å². The van der Waals surface area contributed by atoms with Crippen molar-refractivity contribution >= 4 is 34.9 Å². The summed E-state index contributed by atoms with van der Waals surface area (Å²) in [7, 11) is 1.43. The first-order valence-corrected chi connectivity index (χ1v) is 6.27. The lowest BCUT2D eigenvalue weighted by Gasteiger charge is -2.09. The normalized spacial score (nSPS) is 10.2. The number of aromatic nitrogens is 1. The van der Waals surface area contributed by atoms with Gasteiger partial charge in [-0.1, -0.05) is 23.2 Å². The molecular formula is C13H10Cl2N2O3. The molecule has 2 rings (SSSR count). The molecule has 0 aliphatic rings. The Morgan fingerprint density at radius 1 is 1.35 bits per heavy atom. The topological polar surface area (TPSA) is 71.5 Å². The second-order valence-corrected chi connectivity index (χ2v) is 4.61. The van der Waals surface area contributed by atoms with Crippen molar-refractivity contribution in [3.8, 4) is 11.5 Å². The van der Waals surface area contributed by atoms with Crippen molar-refractivity contribution in [1.82, 2.24) is 4.98 Å². The van der Waals surface area contributed by atoms with E-state index in [-0.39, 0.29) is 27.2 Å². The molecule has 1 aromatic heterocycles. The van der Waals surface area contributed by atoms with E-state index in [4.69, 9.17) is 27.9 Å². The standard InChI is InChI=1S/C13H10Cl2N2O3/c1-20-11-8(14)5-7(6-9(11)15)13(19)17-12-10(18)3-2-4-16-12/h2-6,18H,1H3,(H,16,17,19). The van der Waals surface area contributed by atoms with Gasteiger partial charge in [0.15, 0.2) is 17.3 Å². The number of nitrogens with one attached hydrogen (secondary N) is 1. The molecule has 0 unspecified atom stereocenters. The summed E-state index contributed by atoms with van der Waals surface area (Å²) in [5, 5.41) is 12.4. The van der Waals surface area contributed by atoms with E-state index >= 15 is 0 Å². The van der Waals surface area contributed by atoms with Crippen LogP contribution in [0.1, 0.15) is 10.4 Å². The van der Waals surface area contributed by atoms with Crippen molar-refractivity contribution in [3.63, 3.8) is 0 Å². The minimum Gasteiger partial charge on any atom is -0.504 e. The van der Waals surface area contributed by atoms with Crippen molar-refractivity contribution in [2.75, 3.05) is 12.4 Å². The number of carbonyl (C=O) groups is 1. The molecule has 0 spiro atoms. The van der Waals surface area contributed by atoms with E-state index in [1.54, 1.807) is 6.07 Å². The second-order valence-electron chi connectivity index (χ2n) is 3.80. The molecule has 1 heterocycles. The van der Waals surface area contributed by atoms with E-state index in [0.717, 1.165) is 0 Å². The van der Waals surface area contributed by atoms with Crippen LogP contribution in [0.25, 0.3) is 0 Å². The molecule has 0 fully saturated rings. The minimum absolute atomic E-state index is 0.0561. The van der Waals surface area contributed by atoms with Crippen LogP contribution in [0.2, 0.25) is 10.0 Å². The van der Waals surface area contributed by atoms with Gasteiger partial charge in [-0.05, 0) is 24.3 Å². The fourth-order valence-corrected chi connectivity index (χ4v) is 2.20. The third-order valence-electron chi connectivity index (χ3n) is 2.48. The summed E-state index contributed by atoms with van der Waals surface area (Å²) in [6.45, 7) is 0. The van der Waals surface area contributed by atoms with Gasteiger partial charge < -0.3 is 15.2 Å². The highest BCUT2D eigenvalue weighted by Crippen LogP contribution is 2.34. The summed E-state index contributed by atoms with van der Waals surface area (Å²) >= 11 is 11.9. The molecule has 2 N–H and O–H groups in total. The molecular weight excluding hydrogens is 303 g/mol. The summed E-state index contributed by atoms with van der Waals surface area (Å²) in [6, 6.07) is 5.80. The number of amides is 1. The maximum absolute atomic E-state index is 12.1. The van der Waals surface area contributed by atoms with E-state index in [1.807, 2.05) is 0 Å². The van der Waals surface area contributed by atoms with Gasteiger partial charge in [-0.3, -0.25) is 4.79 Å². The van der Waals surface area contributed by atoms with Crippen molar-refractivity contribution in [2.45, 2.75) is 0 Å². The molecule has 0 radical (unpaired) electrons. The first kappa shape index (κ1) is 14.4. The molecule has 7 heteroatoms. The number of benzene rings is 1. The number of nitrogens with zero attached hydrogens (tertiary/aromatic N) is 1. The van der Waals surface area contributed by atoms with Gasteiger partial charge in [-0.25, -0.2) is 4.98 Å². The molecule has 1 aromatic carbocycles. The largest absolute Gasteiger partial charge is 0.504 e. The highest BCUT2D eigenvalue weighted by Gasteiger charge is 2.15. The minimum atomic E-state index is -0.495. The van der Waals surface area contributed by atoms with E-state index in [1.165, 1.54) is 31.5 Å². The monoisotopic (exact) mass is 312 g/mol. The highest BCUT2D eigenvalue weighted by atomic mass is 35.5. The molecule has 0 saturated heterocycles. The Morgan fingerprint density at radius 2 is 2.00 bits per heavy atom. The van der Waals surface area contributed by atoms with Gasteiger partial charge in [0, 0.05) is 11.8 Å². The molecule has 0 saturated carbocycles. The Kier molecular flexibility index (Phi) is 4.32. The Hall–Kier alpha value is -1.98. The first-order chi connectivity index (χ1) is 9.52. The van der Waals surface area contributed by atoms with Crippen molar-refractivity contribution in [3.05, 3.63) is 46.1 Å². The van der Waals surface area contributed by atoms with E-state index in [0.29, 0.717) is 5.75 Å². The average molecular weight is 313 g/mol. The van der Waals surface area contributed by atoms with Crippen LogP contribution in [0.3, 0.4) is 0 Å². The number of hydrogen-bond donors (Lipinski definition) is 2. The molecule has 5 nitrogen and oxygen atoms in total. The van der Waals surface area contributed by atoms with Gasteiger partial charge in [-0.2, -0.15) is 0 Å². The SMILES string of the molecule is COc1c(Cl)cc(C(=O)Nc2ncccc2O)cc1Cl. The third-order valence-corrected chi connectivity index (χ3v) is 3.04. The molecule has 20 heavy (non-hydrogen) atoms. The molecule has 2 aromatic rings. The van der Waals surface area contributed by atoms with Gasteiger partial charge in [0.2, 0.25) is 0 Å². The number of aromatic hydroxyl groups is 1. The smallest absolute Gasteiger partial charge is 0.257 e. The van der Waals surface area contributed by atoms with Crippen LogP contribution in [0.4, 0.5) is 5.82 Å². The number of ether oxygens (including phenoxy) is 1. The number of carbonyl (C=O) groups excluding carboxylic acids is 1. The van der Waals surface area contributed by atoms with Gasteiger partial charge >= 0.3 is 0 Å². The maximum Gasteiger partial charge on any atom is 0.257 e. The van der Waals surface area contributed by atoms with Crippen LogP contribution in [0, 0.1) is 0 Å². The zero-order chi connectivity index (χ0) is 14.7. The highest BCUT2D eigenvalue weighted by molar-refractivity contribution is 6.37. The third kappa shape index (κ3) is 2.95. The van der Waals surface area contributed by atoms with Gasteiger partial charge in [0.25, 0.3) is 5.91 Å². The van der Waals surface area contributed by atoms with Crippen LogP contribution in [0.5, 0.6) is 11.5 Å². The molecule has 0 bridgehead atoms. The summed E-state index contributed by atoms with van der Waals surface area (Å²) in [5.74, 6) is -0.275. The summed E-state index contributed by atoms with van der Waals surface area (Å²) < 4.78 is 5.00. The number of anilines is 1. The van der Waals surface area contributed by atoms with E-state index in [2.05, 4.69) is 10.3 Å². The molecule has 0 aliphatic heterocycles. The number of halogens is 2. The number of rotatable bonds is 3. The summed E-state index contributed by atoms with van der Waals surface area (Å²) in [4.78, 5) is 15.9. The van der Waals surface area contributed by atoms with Gasteiger partial charge in [0.05, 0.1) is 17.2 Å². The summed E-state index contributed by atoms with van der Waals surface area (Å²) in [5.41, 5.74) is 0.228. The molecule has 0 atom stereocenters. The van der Waals surface area contributed by atoms with Crippen LogP contribution >= 0.6 is 23.2 Å². The predicted molar refractivity (Wildman–Crippen MR) is 76.9 cm³/mol. The van der Waals surface area contributed by atoms with Gasteiger partial charge in [0.1, 0.15) is 0 Å². The Morgan fingerprint density at radius 3 is 2.55 bits per heavy atom. The Labute approximate surface area is 125 Å². The number of pyridine rings is 1. The fraction of sp³-hybridized carbons (Fsp3) is 0.0769. The zero-order valence-electron chi connectivity index (χ0n) is 10.4. The first-order valence-electron chi connectivity index (χ1n) is 5.51. The van der Waals surface area contributed by atoms with Crippen molar-refractivity contribution in [1.29, 1.82) is 0 Å². The lowest BCUT2D eigenvalue weighted by Crippen LogP contribution is -2.13. The average Bonchev–Trinajstić information content (AvgIpc) is 2.41. The van der Waals surface area contributed by atoms with Crippen LogP contribution in [0.15, 0.2) is 30.5 Å². The molecule has 0 aliphatic carbocycles. The quantitative estimate of drug-likeness (QED) is 0.911. The van der Waals surface area contributed by atoms with Crippen LogP contribution < -0.4 is 10.1 Å². The number of hydrogen-bond acceptors (Lipinski definition) is 4. The lowest BCUT2D eigenvalue weighted by atomic mass is 10.2. The predicted octanol–water partition coefficient (Wildman–Crippen LogP) is 3.35. The van der Waals surface area contributed by atoms with E-state index < -0.39 is 5.91 Å². The molecule has 1 amide bonds. The van der Waals surface area contributed by atoms with Crippen LogP contribution in [-0.2, 0) is 0 Å². The summed E-state index contributed by atoms with van der Waals surface area (Å²) in [6.07, 6.45) is 1.45. The zero-order valence-corrected chi connectivity index (χ0v) is 11.9. The number of methoxy groups -OCH3 is 1. The Balaban J connectivity index is 2.29. The van der Waals surface area contributed by atoms with Gasteiger partial charge in [-0.15, -0.1) is 0 Å². The molecule has 104 valence electrons.